The first-order valence-corrected chi connectivity index (χ1v) is 24.0. The van der Waals surface area contributed by atoms with Crippen LogP contribution in [0.2, 0.25) is 10.0 Å². The Kier molecular flexibility index (Phi) is 13.9. The number of nitrogens with zero attached hydrogens (tertiary/aromatic N) is 2. The van der Waals surface area contributed by atoms with Crippen molar-refractivity contribution in [2.24, 2.45) is 0 Å². The molecule has 0 saturated carbocycles. The first kappa shape index (κ1) is 47.3. The van der Waals surface area contributed by atoms with Crippen molar-refractivity contribution in [3.63, 3.8) is 0 Å². The molecule has 3 heterocycles. The van der Waals surface area contributed by atoms with Crippen molar-refractivity contribution in [2.45, 2.75) is 79.5 Å². The number of carbonyl (C=O) groups is 1. The van der Waals surface area contributed by atoms with Gasteiger partial charge in [-0.15, -0.1) is 0 Å². The number of aromatic nitrogens is 2. The number of halogens is 2. The second-order valence-corrected chi connectivity index (χ2v) is 22.1. The first-order valence-electron chi connectivity index (χ1n) is 19.9. The van der Waals surface area contributed by atoms with E-state index in [-0.39, 0.29) is 43.3 Å². The van der Waals surface area contributed by atoms with Crippen molar-refractivity contribution < 1.29 is 40.6 Å². The standard InChI is InChI=1S/C25H26ClNO5S.C23H22ClNO4S/c1-24(2,3)19-5-8-22(9-6-19)33(29,30)17-18-4-7-21(26)16-23(18)25(31-14-15-32-25)20-10-12-27(28)13-11-20;1-23(2,3)18-5-8-20(9-6-18)30(28,29)15-17-4-7-19(24)14-21(17)22(26)16-10-12-25(27)13-11-16/h4-13,16H,14-15,17H2,1-3H3;4-14H,15H2,1-3H3. The van der Waals surface area contributed by atoms with Crippen LogP contribution in [0, 0.1) is 10.4 Å². The van der Waals surface area contributed by atoms with Crippen LogP contribution in [0.15, 0.2) is 144 Å². The Bertz CT molecular complexity index is 2820. The van der Waals surface area contributed by atoms with Crippen LogP contribution >= 0.6 is 23.2 Å². The maximum atomic E-state index is 13.3. The molecule has 0 atom stereocenters. The average molecular weight is 932 g/mol. The molecule has 330 valence electrons. The Morgan fingerprint density at radius 2 is 1.02 bits per heavy atom. The molecule has 0 aliphatic carbocycles. The van der Waals surface area contributed by atoms with Crippen molar-refractivity contribution in [1.82, 2.24) is 0 Å². The van der Waals surface area contributed by atoms with E-state index in [1.807, 2.05) is 24.3 Å². The minimum atomic E-state index is -3.68. The molecule has 0 bridgehead atoms. The quantitative estimate of drug-likeness (QED) is 0.0743. The van der Waals surface area contributed by atoms with E-state index in [4.69, 9.17) is 32.7 Å². The van der Waals surface area contributed by atoms with E-state index in [1.165, 1.54) is 43.0 Å². The summed E-state index contributed by atoms with van der Waals surface area (Å²) in [4.78, 5) is 13.4. The monoisotopic (exact) mass is 930 g/mol. The number of ketones is 1. The number of pyridine rings is 2. The summed E-state index contributed by atoms with van der Waals surface area (Å²) in [6.07, 6.45) is 5.12. The number of sulfone groups is 2. The first-order chi connectivity index (χ1) is 29.5. The lowest BCUT2D eigenvalue weighted by Gasteiger charge is -2.30. The Morgan fingerprint density at radius 3 is 1.48 bits per heavy atom. The molecule has 63 heavy (non-hydrogen) atoms. The maximum absolute atomic E-state index is 13.3. The highest BCUT2D eigenvalue weighted by Gasteiger charge is 2.43. The van der Waals surface area contributed by atoms with Gasteiger partial charge in [0.1, 0.15) is 0 Å². The molecule has 15 heteroatoms. The van der Waals surface area contributed by atoms with Gasteiger partial charge >= 0.3 is 0 Å². The summed E-state index contributed by atoms with van der Waals surface area (Å²) in [7, 11) is -7.35. The van der Waals surface area contributed by atoms with Gasteiger partial charge in [-0.25, -0.2) is 16.8 Å². The Morgan fingerprint density at radius 1 is 0.603 bits per heavy atom. The van der Waals surface area contributed by atoms with Crippen LogP contribution < -0.4 is 9.46 Å². The van der Waals surface area contributed by atoms with Gasteiger partial charge in [-0.05, 0) is 81.6 Å². The number of hydrogen-bond acceptors (Lipinski definition) is 9. The Hall–Kier alpha value is -5.15. The molecule has 0 N–H and O–H groups in total. The van der Waals surface area contributed by atoms with E-state index in [0.29, 0.717) is 55.0 Å². The van der Waals surface area contributed by atoms with Crippen LogP contribution in [0.3, 0.4) is 0 Å². The maximum Gasteiger partial charge on any atom is 0.223 e. The van der Waals surface area contributed by atoms with Crippen LogP contribution in [-0.4, -0.2) is 35.8 Å². The second kappa shape index (κ2) is 18.5. The predicted octanol–water partition coefficient (Wildman–Crippen LogP) is 8.97. The highest BCUT2D eigenvalue weighted by atomic mass is 35.5. The summed E-state index contributed by atoms with van der Waals surface area (Å²) >= 11 is 12.4. The minimum Gasteiger partial charge on any atom is -0.619 e. The van der Waals surface area contributed by atoms with Crippen LogP contribution in [-0.2, 0) is 57.3 Å². The Labute approximate surface area is 378 Å². The molecule has 6 aromatic rings. The fraction of sp³-hybridized carbons (Fsp3) is 0.271. The lowest BCUT2D eigenvalue weighted by Crippen LogP contribution is -2.33. The number of rotatable bonds is 10. The van der Waals surface area contributed by atoms with E-state index in [1.54, 1.807) is 66.7 Å². The molecular formula is C48H48Cl2N2O9S2. The van der Waals surface area contributed by atoms with E-state index in [2.05, 4.69) is 41.5 Å². The van der Waals surface area contributed by atoms with E-state index in [9.17, 15) is 32.0 Å². The Balaban J connectivity index is 0.000000211. The van der Waals surface area contributed by atoms with Gasteiger partial charge in [0.05, 0.1) is 34.5 Å². The van der Waals surface area contributed by atoms with Crippen molar-refractivity contribution in [2.75, 3.05) is 13.2 Å². The topological polar surface area (TPSA) is 158 Å². The molecule has 11 nitrogen and oxygen atoms in total. The van der Waals surface area contributed by atoms with Crippen molar-refractivity contribution in [1.29, 1.82) is 0 Å². The molecule has 7 rings (SSSR count). The number of carbonyl (C=O) groups excluding carboxylic acids is 1. The third kappa shape index (κ3) is 11.2. The highest BCUT2D eigenvalue weighted by molar-refractivity contribution is 7.91. The van der Waals surface area contributed by atoms with Crippen LogP contribution in [0.1, 0.15) is 90.8 Å². The van der Waals surface area contributed by atoms with Crippen LogP contribution in [0.5, 0.6) is 0 Å². The van der Waals surface area contributed by atoms with Gasteiger partial charge in [-0.1, -0.05) is 101 Å². The molecular weight excluding hydrogens is 884 g/mol. The largest absolute Gasteiger partial charge is 0.619 e. The van der Waals surface area contributed by atoms with E-state index < -0.39 is 31.2 Å². The summed E-state index contributed by atoms with van der Waals surface area (Å²) in [6.45, 7) is 13.0. The molecule has 1 saturated heterocycles. The third-order valence-corrected chi connectivity index (χ3v) is 14.4. The lowest BCUT2D eigenvalue weighted by atomic mass is 9.87. The predicted molar refractivity (Wildman–Crippen MR) is 242 cm³/mol. The van der Waals surface area contributed by atoms with Crippen LogP contribution in [0.25, 0.3) is 0 Å². The van der Waals surface area contributed by atoms with Gasteiger partial charge in [0.25, 0.3) is 0 Å². The van der Waals surface area contributed by atoms with Gasteiger partial charge in [0.2, 0.25) is 5.79 Å². The summed E-state index contributed by atoms with van der Waals surface area (Å²) < 4.78 is 66.0. The van der Waals surface area contributed by atoms with Crippen LogP contribution in [0.4, 0.5) is 0 Å². The molecule has 0 unspecified atom stereocenters. The molecule has 1 aliphatic rings. The van der Waals surface area contributed by atoms with Gasteiger partial charge in [-0.2, -0.15) is 9.46 Å². The summed E-state index contributed by atoms with van der Waals surface area (Å²) in [5, 5.41) is 23.5. The average Bonchev–Trinajstić information content (AvgIpc) is 3.73. The third-order valence-electron chi connectivity index (χ3n) is 10.5. The smallest absolute Gasteiger partial charge is 0.223 e. The normalized spacial score (nSPS) is 14.2. The highest BCUT2D eigenvalue weighted by Crippen LogP contribution is 2.42. The lowest BCUT2D eigenvalue weighted by molar-refractivity contribution is -0.605. The minimum absolute atomic E-state index is 0.0763. The van der Waals surface area contributed by atoms with Gasteiger partial charge in [-0.3, -0.25) is 4.79 Å². The van der Waals surface area contributed by atoms with Crippen molar-refractivity contribution in [3.8, 4) is 0 Å². The van der Waals surface area contributed by atoms with E-state index in [0.717, 1.165) is 11.1 Å². The molecule has 0 spiro atoms. The molecule has 4 aromatic carbocycles. The molecule has 1 aliphatic heterocycles. The zero-order chi connectivity index (χ0) is 46.0. The molecule has 0 amide bonds. The zero-order valence-electron chi connectivity index (χ0n) is 35.7. The SMILES string of the molecule is CC(C)(C)c1ccc(S(=O)(=O)Cc2ccc(Cl)cc2C(=O)c2cc[n+]([O-])cc2)cc1.CC(C)(C)c1ccc(S(=O)(=O)Cc2ccc(Cl)cc2C2(c3cc[n+]([O-])cc3)OCCO2)cc1. The summed E-state index contributed by atoms with van der Waals surface area (Å²) in [6, 6.07) is 29.3. The van der Waals surface area contributed by atoms with E-state index >= 15 is 0 Å². The molecule has 2 aromatic heterocycles. The summed E-state index contributed by atoms with van der Waals surface area (Å²) in [5.41, 5.74) is 4.35. The molecule has 1 fully saturated rings. The molecule has 0 radical (unpaired) electrons. The number of hydrogen-bond donors (Lipinski definition) is 0. The van der Waals surface area contributed by atoms with Gasteiger partial charge in [0.15, 0.2) is 50.2 Å². The fourth-order valence-corrected chi connectivity index (χ4v) is 10.1. The van der Waals surface area contributed by atoms with Crippen molar-refractivity contribution >= 4 is 48.7 Å². The number of benzene rings is 4. The fourth-order valence-electron chi connectivity index (χ4n) is 7.01. The zero-order valence-corrected chi connectivity index (χ0v) is 38.8. The summed E-state index contributed by atoms with van der Waals surface area (Å²) in [5.74, 6) is -2.34. The number of ether oxygens (including phenoxy) is 2. The van der Waals surface area contributed by atoms with Gasteiger partial charge in [0, 0.05) is 56.6 Å². The van der Waals surface area contributed by atoms with Gasteiger partial charge < -0.3 is 19.9 Å². The second-order valence-electron chi connectivity index (χ2n) is 17.2. The van der Waals surface area contributed by atoms with Crippen molar-refractivity contribution in [3.05, 3.63) is 199 Å².